The first kappa shape index (κ1) is 14.6. The molecule has 4 heteroatoms. The third kappa shape index (κ3) is 3.20. The van der Waals surface area contributed by atoms with E-state index in [2.05, 4.69) is 0 Å². The van der Waals surface area contributed by atoms with Crippen LogP contribution in [0.25, 0.3) is 0 Å². The number of rotatable bonds is 4. The van der Waals surface area contributed by atoms with Gasteiger partial charge >= 0.3 is 0 Å². The molecule has 1 unspecified atom stereocenters. The Morgan fingerprint density at radius 3 is 2.45 bits per heavy atom. The summed E-state index contributed by atoms with van der Waals surface area (Å²) in [5, 5.41) is 0. The van der Waals surface area contributed by atoms with Gasteiger partial charge in [0.05, 0.1) is 22.1 Å². The average molecular weight is 290 g/mol. The standard InChI is InChI=1S/C16H15FO2S/c1-11-7-8-13(9-12(11)2)20(19)10-16(18)14-5-3-4-6-15(14)17/h3-9H,10H2,1-2H3. The van der Waals surface area contributed by atoms with Crippen molar-refractivity contribution in [3.8, 4) is 0 Å². The molecular weight excluding hydrogens is 275 g/mol. The van der Waals surface area contributed by atoms with Crippen molar-refractivity contribution in [1.29, 1.82) is 0 Å². The molecule has 0 radical (unpaired) electrons. The molecule has 0 saturated carbocycles. The predicted molar refractivity (Wildman–Crippen MR) is 77.9 cm³/mol. The number of halogens is 1. The molecule has 0 aromatic heterocycles. The van der Waals surface area contributed by atoms with Crippen LogP contribution in [0.1, 0.15) is 21.5 Å². The number of hydrogen-bond donors (Lipinski definition) is 0. The zero-order valence-corrected chi connectivity index (χ0v) is 12.2. The van der Waals surface area contributed by atoms with Crippen molar-refractivity contribution in [3.63, 3.8) is 0 Å². The molecule has 0 aliphatic heterocycles. The predicted octanol–water partition coefficient (Wildman–Crippen LogP) is 3.43. The van der Waals surface area contributed by atoms with Gasteiger partial charge in [0.25, 0.3) is 0 Å². The van der Waals surface area contributed by atoms with Crippen molar-refractivity contribution in [2.45, 2.75) is 18.7 Å². The summed E-state index contributed by atoms with van der Waals surface area (Å²) >= 11 is 0. The second kappa shape index (κ2) is 6.09. The minimum Gasteiger partial charge on any atom is -0.293 e. The van der Waals surface area contributed by atoms with Crippen LogP contribution in [0.2, 0.25) is 0 Å². The molecule has 1 atom stereocenters. The van der Waals surface area contributed by atoms with E-state index in [4.69, 9.17) is 0 Å². The van der Waals surface area contributed by atoms with Crippen LogP contribution in [0.4, 0.5) is 4.39 Å². The molecule has 0 saturated heterocycles. The van der Waals surface area contributed by atoms with Gasteiger partial charge in [0.2, 0.25) is 0 Å². The molecule has 2 nitrogen and oxygen atoms in total. The molecule has 104 valence electrons. The smallest absolute Gasteiger partial charge is 0.178 e. The van der Waals surface area contributed by atoms with E-state index in [0.717, 1.165) is 11.1 Å². The van der Waals surface area contributed by atoms with Crippen LogP contribution >= 0.6 is 0 Å². The lowest BCUT2D eigenvalue weighted by Gasteiger charge is -2.06. The number of aryl methyl sites for hydroxylation is 2. The van der Waals surface area contributed by atoms with Gasteiger partial charge in [-0.15, -0.1) is 0 Å². The molecule has 0 bridgehead atoms. The summed E-state index contributed by atoms with van der Waals surface area (Å²) in [5.41, 5.74) is 2.12. The monoisotopic (exact) mass is 290 g/mol. The van der Waals surface area contributed by atoms with Crippen molar-refractivity contribution in [1.82, 2.24) is 0 Å². The lowest BCUT2D eigenvalue weighted by atomic mass is 10.1. The van der Waals surface area contributed by atoms with Crippen molar-refractivity contribution < 1.29 is 13.4 Å². The summed E-state index contributed by atoms with van der Waals surface area (Å²) in [6, 6.07) is 11.2. The van der Waals surface area contributed by atoms with Gasteiger partial charge in [-0.2, -0.15) is 0 Å². The second-order valence-corrected chi connectivity index (χ2v) is 6.09. The summed E-state index contributed by atoms with van der Waals surface area (Å²) < 4.78 is 25.7. The Morgan fingerprint density at radius 1 is 1.10 bits per heavy atom. The third-order valence-electron chi connectivity index (χ3n) is 3.18. The molecule has 2 rings (SSSR count). The van der Waals surface area contributed by atoms with Gasteiger partial charge in [0, 0.05) is 4.90 Å². The van der Waals surface area contributed by atoms with Gasteiger partial charge in [-0.1, -0.05) is 18.2 Å². The van der Waals surface area contributed by atoms with Gasteiger partial charge in [-0.25, -0.2) is 4.39 Å². The van der Waals surface area contributed by atoms with E-state index < -0.39 is 22.4 Å². The van der Waals surface area contributed by atoms with E-state index in [9.17, 15) is 13.4 Å². The van der Waals surface area contributed by atoms with Crippen molar-refractivity contribution in [2.24, 2.45) is 0 Å². The van der Waals surface area contributed by atoms with Crippen molar-refractivity contribution >= 4 is 16.6 Å². The minimum atomic E-state index is -1.46. The zero-order chi connectivity index (χ0) is 14.7. The van der Waals surface area contributed by atoms with Crippen molar-refractivity contribution in [3.05, 3.63) is 65.0 Å². The van der Waals surface area contributed by atoms with E-state index in [1.165, 1.54) is 18.2 Å². The Hall–Kier alpha value is -1.81. The summed E-state index contributed by atoms with van der Waals surface area (Å²) in [7, 11) is -1.46. The third-order valence-corrected chi connectivity index (χ3v) is 4.48. The first-order chi connectivity index (χ1) is 9.49. The van der Waals surface area contributed by atoms with Crippen LogP contribution in [0.15, 0.2) is 47.4 Å². The highest BCUT2D eigenvalue weighted by Gasteiger charge is 2.15. The van der Waals surface area contributed by atoms with Gasteiger partial charge in [0.15, 0.2) is 5.78 Å². The SMILES string of the molecule is Cc1ccc(S(=O)CC(=O)c2ccccc2F)cc1C. The van der Waals surface area contributed by atoms with Crippen LogP contribution in [-0.4, -0.2) is 15.7 Å². The number of carbonyl (C=O) groups excluding carboxylic acids is 1. The zero-order valence-electron chi connectivity index (χ0n) is 11.4. The molecule has 0 spiro atoms. The van der Waals surface area contributed by atoms with E-state index in [-0.39, 0.29) is 11.3 Å². The Labute approximate surface area is 120 Å². The van der Waals surface area contributed by atoms with Gasteiger partial charge in [-0.3, -0.25) is 9.00 Å². The minimum absolute atomic E-state index is 0.00955. The first-order valence-corrected chi connectivity index (χ1v) is 7.54. The normalized spacial score (nSPS) is 12.2. The Balaban J connectivity index is 2.17. The topological polar surface area (TPSA) is 34.1 Å². The molecular formula is C16H15FO2S. The maximum atomic E-state index is 13.5. The lowest BCUT2D eigenvalue weighted by Crippen LogP contribution is -2.12. The highest BCUT2D eigenvalue weighted by molar-refractivity contribution is 7.85. The Morgan fingerprint density at radius 2 is 1.80 bits per heavy atom. The summed E-state index contributed by atoms with van der Waals surface area (Å²) in [6.45, 7) is 3.89. The summed E-state index contributed by atoms with van der Waals surface area (Å²) in [4.78, 5) is 12.6. The van der Waals surface area contributed by atoms with Gasteiger partial charge in [-0.05, 0) is 49.2 Å². The molecule has 0 heterocycles. The molecule has 0 aliphatic rings. The van der Waals surface area contributed by atoms with Gasteiger partial charge in [0.1, 0.15) is 5.82 Å². The van der Waals surface area contributed by atoms with Crippen LogP contribution in [0.3, 0.4) is 0 Å². The fraction of sp³-hybridized carbons (Fsp3) is 0.188. The highest BCUT2D eigenvalue weighted by atomic mass is 32.2. The van der Waals surface area contributed by atoms with E-state index >= 15 is 0 Å². The number of benzene rings is 2. The van der Waals surface area contributed by atoms with Crippen LogP contribution in [-0.2, 0) is 10.8 Å². The Bertz CT molecular complexity index is 680. The van der Waals surface area contributed by atoms with E-state index in [1.54, 1.807) is 18.2 Å². The average Bonchev–Trinajstić information content (AvgIpc) is 2.42. The molecule has 0 aliphatic carbocycles. The largest absolute Gasteiger partial charge is 0.293 e. The van der Waals surface area contributed by atoms with E-state index in [1.807, 2.05) is 19.9 Å². The van der Waals surface area contributed by atoms with Crippen LogP contribution < -0.4 is 0 Å². The lowest BCUT2D eigenvalue weighted by molar-refractivity contribution is 0.101. The first-order valence-electron chi connectivity index (χ1n) is 6.22. The molecule has 20 heavy (non-hydrogen) atoms. The summed E-state index contributed by atoms with van der Waals surface area (Å²) in [6.07, 6.45) is 0. The van der Waals surface area contributed by atoms with Crippen LogP contribution in [0, 0.1) is 19.7 Å². The molecule has 2 aromatic carbocycles. The Kier molecular flexibility index (Phi) is 4.45. The number of hydrogen-bond acceptors (Lipinski definition) is 2. The van der Waals surface area contributed by atoms with Crippen molar-refractivity contribution in [2.75, 3.05) is 5.75 Å². The maximum Gasteiger partial charge on any atom is 0.178 e. The fourth-order valence-electron chi connectivity index (χ4n) is 1.82. The maximum absolute atomic E-state index is 13.5. The van der Waals surface area contributed by atoms with Crippen LogP contribution in [0.5, 0.6) is 0 Å². The number of carbonyl (C=O) groups is 1. The molecule has 0 amide bonds. The molecule has 0 N–H and O–H groups in total. The summed E-state index contributed by atoms with van der Waals surface area (Å²) in [5.74, 6) is -1.22. The molecule has 0 fully saturated rings. The quantitative estimate of drug-likeness (QED) is 0.808. The van der Waals surface area contributed by atoms with Gasteiger partial charge < -0.3 is 0 Å². The second-order valence-electron chi connectivity index (χ2n) is 4.64. The number of Topliss-reactive ketones (excluding diaryl/α,β-unsaturated/α-hetero) is 1. The molecule has 2 aromatic rings. The highest BCUT2D eigenvalue weighted by Crippen LogP contribution is 2.15. The fourth-order valence-corrected chi connectivity index (χ4v) is 2.91. The number of ketones is 1. The van der Waals surface area contributed by atoms with E-state index in [0.29, 0.717) is 4.90 Å².